The Morgan fingerprint density at radius 1 is 1.04 bits per heavy atom. The normalized spacial score (nSPS) is 11.3. The number of rotatable bonds is 6. The van der Waals surface area contributed by atoms with Gasteiger partial charge < -0.3 is 14.8 Å². The number of nitrogens with one attached hydrogen (secondary N) is 1. The zero-order valence-electron chi connectivity index (χ0n) is 13.5. The Hall–Kier alpha value is -2.70. The van der Waals surface area contributed by atoms with E-state index in [-0.39, 0.29) is 0 Å². The number of methoxy groups -OCH3 is 2. The molecule has 0 fully saturated rings. The Morgan fingerprint density at radius 3 is 2.09 bits per heavy atom. The Kier molecular flexibility index (Phi) is 6.44. The lowest BCUT2D eigenvalue weighted by Gasteiger charge is -2.14. The number of amides is 1. The highest BCUT2D eigenvalue weighted by Gasteiger charge is 2.35. The van der Waals surface area contributed by atoms with Gasteiger partial charge in [-0.3, -0.25) is 14.4 Å². The Labute approximate surface area is 134 Å². The third kappa shape index (κ3) is 4.64. The monoisotopic (exact) mass is 321 g/mol. The molecule has 1 rings (SSSR count). The van der Waals surface area contributed by atoms with Gasteiger partial charge in [0.05, 0.1) is 14.2 Å². The molecule has 0 radical (unpaired) electrons. The van der Waals surface area contributed by atoms with Crippen LogP contribution in [0, 0.1) is 19.8 Å². The van der Waals surface area contributed by atoms with Gasteiger partial charge in [0.2, 0.25) is 5.91 Å². The molecule has 1 atom stereocenters. The van der Waals surface area contributed by atoms with Crippen molar-refractivity contribution in [3.05, 3.63) is 29.3 Å². The van der Waals surface area contributed by atoms with Crippen LogP contribution in [0.5, 0.6) is 0 Å². The summed E-state index contributed by atoms with van der Waals surface area (Å²) in [5.74, 6) is -5.37. The van der Waals surface area contributed by atoms with E-state index in [9.17, 15) is 19.2 Å². The van der Waals surface area contributed by atoms with Gasteiger partial charge in [-0.05, 0) is 25.0 Å². The maximum Gasteiger partial charge on any atom is 0.375 e. The highest BCUT2D eigenvalue weighted by molar-refractivity contribution is 6.38. The van der Waals surface area contributed by atoms with Gasteiger partial charge in [-0.1, -0.05) is 18.2 Å². The Balaban J connectivity index is 2.92. The largest absolute Gasteiger partial charge is 0.468 e. The molecule has 0 saturated carbocycles. The minimum absolute atomic E-state index is 0.506. The Morgan fingerprint density at radius 2 is 1.61 bits per heavy atom. The van der Waals surface area contributed by atoms with Crippen LogP contribution in [0.4, 0.5) is 5.69 Å². The van der Waals surface area contributed by atoms with Gasteiger partial charge >= 0.3 is 11.9 Å². The molecular formula is C16H19NO6. The lowest BCUT2D eigenvalue weighted by atomic mass is 9.99. The first-order valence-corrected chi connectivity index (χ1v) is 6.87. The average Bonchev–Trinajstić information content (AvgIpc) is 2.54. The van der Waals surface area contributed by atoms with Crippen LogP contribution in [0.1, 0.15) is 17.5 Å². The quantitative estimate of drug-likeness (QED) is 0.479. The number of carbonyl (C=O) groups is 4. The van der Waals surface area contributed by atoms with E-state index >= 15 is 0 Å². The second kappa shape index (κ2) is 8.07. The molecule has 1 aromatic rings. The van der Waals surface area contributed by atoms with Crippen LogP contribution in [0.25, 0.3) is 0 Å². The summed E-state index contributed by atoms with van der Waals surface area (Å²) in [5, 5.41) is 2.65. The second-order valence-electron chi connectivity index (χ2n) is 4.95. The maximum absolute atomic E-state index is 12.1. The lowest BCUT2D eigenvalue weighted by molar-refractivity contribution is -0.160. The molecule has 0 aromatic heterocycles. The van der Waals surface area contributed by atoms with Crippen molar-refractivity contribution in [2.45, 2.75) is 20.3 Å². The van der Waals surface area contributed by atoms with E-state index in [1.165, 1.54) is 0 Å². The molecule has 1 aromatic carbocycles. The van der Waals surface area contributed by atoms with Gasteiger partial charge in [0.1, 0.15) is 5.92 Å². The number of benzene rings is 1. The summed E-state index contributed by atoms with van der Waals surface area (Å²) in [6.07, 6.45) is -0.506. The van der Waals surface area contributed by atoms with Crippen molar-refractivity contribution in [2.75, 3.05) is 19.5 Å². The first-order chi connectivity index (χ1) is 10.8. The number of carbonyl (C=O) groups excluding carboxylic acids is 4. The van der Waals surface area contributed by atoms with Crippen LogP contribution in [-0.2, 0) is 28.7 Å². The van der Waals surface area contributed by atoms with Gasteiger partial charge in [-0.2, -0.15) is 0 Å². The van der Waals surface area contributed by atoms with Crippen LogP contribution < -0.4 is 5.32 Å². The molecular weight excluding hydrogens is 302 g/mol. The van der Waals surface area contributed by atoms with Crippen LogP contribution >= 0.6 is 0 Å². The van der Waals surface area contributed by atoms with Crippen molar-refractivity contribution in [3.8, 4) is 0 Å². The zero-order valence-corrected chi connectivity index (χ0v) is 13.5. The topological polar surface area (TPSA) is 98.8 Å². The van der Waals surface area contributed by atoms with Crippen molar-refractivity contribution in [1.82, 2.24) is 0 Å². The molecule has 0 saturated heterocycles. The number of para-hydroxylation sites is 1. The molecule has 1 N–H and O–H groups in total. The Bertz CT molecular complexity index is 617. The molecule has 124 valence electrons. The molecule has 0 aliphatic rings. The molecule has 23 heavy (non-hydrogen) atoms. The molecule has 7 heteroatoms. The third-order valence-electron chi connectivity index (χ3n) is 3.32. The highest BCUT2D eigenvalue weighted by Crippen LogP contribution is 2.20. The van der Waals surface area contributed by atoms with E-state index in [0.29, 0.717) is 5.69 Å². The van der Waals surface area contributed by atoms with Crippen LogP contribution in [-0.4, -0.2) is 37.8 Å². The van der Waals surface area contributed by atoms with E-state index in [4.69, 9.17) is 0 Å². The van der Waals surface area contributed by atoms with Crippen LogP contribution in [0.2, 0.25) is 0 Å². The minimum atomic E-state index is -1.53. The number of ether oxygens (including phenoxy) is 2. The van der Waals surface area contributed by atoms with Crippen LogP contribution in [0.3, 0.4) is 0 Å². The minimum Gasteiger partial charge on any atom is -0.468 e. The fourth-order valence-corrected chi connectivity index (χ4v) is 2.06. The van der Waals surface area contributed by atoms with E-state index in [1.807, 2.05) is 32.0 Å². The summed E-state index contributed by atoms with van der Waals surface area (Å²) in [6, 6.07) is 5.48. The van der Waals surface area contributed by atoms with E-state index < -0.39 is 36.0 Å². The number of anilines is 1. The molecule has 0 bridgehead atoms. The summed E-state index contributed by atoms with van der Waals surface area (Å²) in [7, 11) is 2.09. The molecule has 0 aliphatic heterocycles. The van der Waals surface area contributed by atoms with E-state index in [1.54, 1.807) is 0 Å². The van der Waals surface area contributed by atoms with Gasteiger partial charge in [-0.25, -0.2) is 4.79 Å². The van der Waals surface area contributed by atoms with Gasteiger partial charge in [-0.15, -0.1) is 0 Å². The number of Topliss-reactive ketones (excluding diaryl/α,β-unsaturated/α-hetero) is 1. The van der Waals surface area contributed by atoms with E-state index in [2.05, 4.69) is 14.8 Å². The van der Waals surface area contributed by atoms with Crippen LogP contribution in [0.15, 0.2) is 18.2 Å². The average molecular weight is 321 g/mol. The molecule has 7 nitrogen and oxygen atoms in total. The smallest absolute Gasteiger partial charge is 0.375 e. The summed E-state index contributed by atoms with van der Waals surface area (Å²) < 4.78 is 8.78. The number of hydrogen-bond donors (Lipinski definition) is 1. The van der Waals surface area contributed by atoms with Crippen molar-refractivity contribution < 1.29 is 28.7 Å². The summed E-state index contributed by atoms with van der Waals surface area (Å²) in [6.45, 7) is 3.64. The van der Waals surface area contributed by atoms with Crippen molar-refractivity contribution in [2.24, 2.45) is 5.92 Å². The summed E-state index contributed by atoms with van der Waals surface area (Å²) in [4.78, 5) is 47.0. The number of esters is 2. The third-order valence-corrected chi connectivity index (χ3v) is 3.32. The summed E-state index contributed by atoms with van der Waals surface area (Å²) >= 11 is 0. The lowest BCUT2D eigenvalue weighted by Crippen LogP contribution is -2.35. The fourth-order valence-electron chi connectivity index (χ4n) is 2.06. The molecule has 1 amide bonds. The standard InChI is InChI=1S/C16H19NO6/c1-9-6-5-7-10(2)13(9)17-12(18)8-11(15(20)22-3)14(19)16(21)23-4/h5-7,11H,8H2,1-4H3,(H,17,18)/t11-/m1/s1. The first-order valence-electron chi connectivity index (χ1n) is 6.87. The molecule has 0 unspecified atom stereocenters. The number of hydrogen-bond acceptors (Lipinski definition) is 6. The predicted octanol–water partition coefficient (Wildman–Crippen LogP) is 1.16. The number of ketones is 1. The first kappa shape index (κ1) is 18.3. The molecule has 0 aliphatic carbocycles. The predicted molar refractivity (Wildman–Crippen MR) is 81.7 cm³/mol. The fraction of sp³-hybridized carbons (Fsp3) is 0.375. The van der Waals surface area contributed by atoms with Gasteiger partial charge in [0, 0.05) is 12.1 Å². The molecule has 0 heterocycles. The SMILES string of the molecule is COC(=O)C(=O)[C@@H](CC(=O)Nc1c(C)cccc1C)C(=O)OC. The van der Waals surface area contributed by atoms with Crippen molar-refractivity contribution in [1.29, 1.82) is 0 Å². The zero-order chi connectivity index (χ0) is 17.6. The molecule has 0 spiro atoms. The highest BCUT2D eigenvalue weighted by atomic mass is 16.5. The van der Waals surface area contributed by atoms with Crippen molar-refractivity contribution >= 4 is 29.3 Å². The second-order valence-corrected chi connectivity index (χ2v) is 4.95. The maximum atomic E-state index is 12.1. The van der Waals surface area contributed by atoms with Gasteiger partial charge in [0.25, 0.3) is 5.78 Å². The van der Waals surface area contributed by atoms with Crippen molar-refractivity contribution in [3.63, 3.8) is 0 Å². The van der Waals surface area contributed by atoms with Gasteiger partial charge in [0.15, 0.2) is 0 Å². The number of aryl methyl sites for hydroxylation is 2. The summed E-state index contributed by atoms with van der Waals surface area (Å²) in [5.41, 5.74) is 2.28. The van der Waals surface area contributed by atoms with E-state index in [0.717, 1.165) is 25.3 Å².